The van der Waals surface area contributed by atoms with Crippen molar-refractivity contribution in [2.45, 2.75) is 6.92 Å². The molecule has 3 aromatic rings. The van der Waals surface area contributed by atoms with Crippen LogP contribution in [0.5, 0.6) is 5.88 Å². The largest absolute Gasteiger partial charge is 0.419 e. The first-order valence-corrected chi connectivity index (χ1v) is 7.54. The minimum Gasteiger partial charge on any atom is -0.388 e. The zero-order valence-electron chi connectivity index (χ0n) is 12.8. The van der Waals surface area contributed by atoms with Gasteiger partial charge in [-0.1, -0.05) is 11.3 Å². The number of thiazole rings is 1. The first-order chi connectivity index (χ1) is 11.0. The minimum absolute atomic E-state index is 0.210. The summed E-state index contributed by atoms with van der Waals surface area (Å²) in [7, 11) is 3.57. The molecule has 0 radical (unpaired) electrons. The van der Waals surface area contributed by atoms with Crippen molar-refractivity contribution in [1.82, 2.24) is 24.5 Å². The van der Waals surface area contributed by atoms with Crippen molar-refractivity contribution in [1.29, 1.82) is 0 Å². The highest BCUT2D eigenvalue weighted by Gasteiger charge is 2.16. The Bertz CT molecular complexity index is 835. The molecular weight excluding hydrogens is 318 g/mol. The first kappa shape index (κ1) is 15.0. The number of ether oxygens (including phenoxy) is 1. The van der Waals surface area contributed by atoms with E-state index in [0.29, 0.717) is 10.8 Å². The summed E-state index contributed by atoms with van der Waals surface area (Å²) in [5.74, 6) is 1.39. The number of nitrogens with one attached hydrogen (secondary N) is 2. The Morgan fingerprint density at radius 3 is 2.83 bits per heavy atom. The van der Waals surface area contributed by atoms with Crippen molar-refractivity contribution < 1.29 is 9.53 Å². The number of hydrogen-bond acceptors (Lipinski definition) is 7. The van der Waals surface area contributed by atoms with Crippen molar-refractivity contribution in [3.8, 4) is 5.88 Å². The lowest BCUT2D eigenvalue weighted by atomic mass is 10.6. The van der Waals surface area contributed by atoms with Gasteiger partial charge >= 0.3 is 6.09 Å². The topological polar surface area (TPSA) is 98.9 Å². The van der Waals surface area contributed by atoms with Gasteiger partial charge in [-0.25, -0.2) is 9.78 Å². The molecule has 23 heavy (non-hydrogen) atoms. The average Bonchev–Trinajstić information content (AvgIpc) is 3.15. The molecule has 0 unspecified atom stereocenters. The zero-order valence-corrected chi connectivity index (χ0v) is 13.6. The Hall–Kier alpha value is -2.88. The molecule has 120 valence electrons. The fourth-order valence-corrected chi connectivity index (χ4v) is 2.62. The molecule has 0 saturated carbocycles. The van der Waals surface area contributed by atoms with Crippen molar-refractivity contribution in [3.63, 3.8) is 0 Å². The van der Waals surface area contributed by atoms with Gasteiger partial charge in [-0.2, -0.15) is 10.2 Å². The second kappa shape index (κ2) is 6.08. The van der Waals surface area contributed by atoms with Crippen LogP contribution in [0.1, 0.15) is 5.01 Å². The number of carbonyl (C=O) groups is 1. The predicted octanol–water partition coefficient (Wildman–Crippen LogP) is 2.27. The van der Waals surface area contributed by atoms with E-state index in [-0.39, 0.29) is 5.88 Å². The Morgan fingerprint density at radius 2 is 2.17 bits per heavy atom. The molecule has 1 amide bonds. The van der Waals surface area contributed by atoms with Crippen LogP contribution in [-0.4, -0.2) is 30.6 Å². The van der Waals surface area contributed by atoms with E-state index in [4.69, 9.17) is 4.74 Å². The second-order valence-corrected chi connectivity index (χ2v) is 5.92. The predicted molar refractivity (Wildman–Crippen MR) is 86.2 cm³/mol. The number of anilines is 3. The van der Waals surface area contributed by atoms with Crippen molar-refractivity contribution in [2.75, 3.05) is 10.6 Å². The molecule has 0 aromatic carbocycles. The maximum absolute atomic E-state index is 12.0. The summed E-state index contributed by atoms with van der Waals surface area (Å²) in [5.41, 5.74) is 0. The van der Waals surface area contributed by atoms with Crippen molar-refractivity contribution in [3.05, 3.63) is 29.5 Å². The number of rotatable bonds is 4. The van der Waals surface area contributed by atoms with E-state index in [0.717, 1.165) is 10.8 Å². The molecule has 9 nitrogen and oxygen atoms in total. The van der Waals surface area contributed by atoms with Crippen LogP contribution in [0, 0.1) is 6.92 Å². The summed E-state index contributed by atoms with van der Waals surface area (Å²) < 4.78 is 8.53. The molecule has 2 N–H and O–H groups in total. The van der Waals surface area contributed by atoms with Gasteiger partial charge in [-0.15, -0.1) is 0 Å². The number of nitrogens with zero attached hydrogens (tertiary/aromatic N) is 5. The van der Waals surface area contributed by atoms with Gasteiger partial charge in [0.25, 0.3) is 5.88 Å². The molecule has 0 fully saturated rings. The summed E-state index contributed by atoms with van der Waals surface area (Å²) in [6.07, 6.45) is 2.74. The third-order valence-electron chi connectivity index (χ3n) is 2.90. The smallest absolute Gasteiger partial charge is 0.388 e. The van der Waals surface area contributed by atoms with Gasteiger partial charge in [0.05, 0.1) is 11.2 Å². The molecule has 0 atom stereocenters. The van der Waals surface area contributed by atoms with Crippen LogP contribution in [0.3, 0.4) is 0 Å². The zero-order chi connectivity index (χ0) is 16.4. The van der Waals surface area contributed by atoms with Crippen molar-refractivity contribution in [2.24, 2.45) is 14.1 Å². The third kappa shape index (κ3) is 3.48. The quantitative estimate of drug-likeness (QED) is 0.760. The average molecular weight is 333 g/mol. The molecule has 0 saturated heterocycles. The fourth-order valence-electron chi connectivity index (χ4n) is 1.87. The highest BCUT2D eigenvalue weighted by molar-refractivity contribution is 7.16. The second-order valence-electron chi connectivity index (χ2n) is 4.72. The van der Waals surface area contributed by atoms with E-state index in [1.165, 1.54) is 11.3 Å². The van der Waals surface area contributed by atoms with E-state index in [1.54, 1.807) is 34.9 Å². The van der Waals surface area contributed by atoms with Crippen LogP contribution in [0.25, 0.3) is 0 Å². The van der Waals surface area contributed by atoms with Gasteiger partial charge in [0.2, 0.25) is 0 Å². The van der Waals surface area contributed by atoms with Crippen LogP contribution in [0.15, 0.2) is 24.5 Å². The van der Waals surface area contributed by atoms with Gasteiger partial charge in [0.15, 0.2) is 10.8 Å². The SMILES string of the molecule is Cc1nc(OC(=O)Nc2ccn(C)n2)c(Nc2ccnn2C)s1. The van der Waals surface area contributed by atoms with Gasteiger partial charge in [-0.05, 0) is 6.92 Å². The molecule has 3 heterocycles. The molecule has 0 aliphatic heterocycles. The Balaban J connectivity index is 1.72. The van der Waals surface area contributed by atoms with Crippen LogP contribution >= 0.6 is 11.3 Å². The van der Waals surface area contributed by atoms with E-state index in [1.807, 2.05) is 20.0 Å². The van der Waals surface area contributed by atoms with Crippen LogP contribution < -0.4 is 15.4 Å². The Labute approximate surface area is 135 Å². The normalized spacial score (nSPS) is 10.6. The monoisotopic (exact) mass is 333 g/mol. The molecule has 3 aromatic heterocycles. The maximum atomic E-state index is 12.0. The van der Waals surface area contributed by atoms with Crippen molar-refractivity contribution >= 4 is 34.1 Å². The number of aryl methyl sites for hydroxylation is 3. The lowest BCUT2D eigenvalue weighted by molar-refractivity contribution is 0.213. The lowest BCUT2D eigenvalue weighted by Crippen LogP contribution is -2.18. The van der Waals surface area contributed by atoms with E-state index < -0.39 is 6.09 Å². The molecular formula is C13H15N7O2S. The standard InChI is InChI=1S/C13H15N7O2S/c1-8-15-11(12(23-8)17-10-4-6-14-20(10)3)22-13(21)16-9-5-7-19(2)18-9/h4-7,17H,1-3H3,(H,16,18,21). The van der Waals surface area contributed by atoms with E-state index in [9.17, 15) is 4.79 Å². The van der Waals surface area contributed by atoms with Crippen LogP contribution in [0.4, 0.5) is 21.4 Å². The number of hydrogen-bond donors (Lipinski definition) is 2. The maximum Gasteiger partial charge on any atom is 0.419 e. The third-order valence-corrected chi connectivity index (χ3v) is 3.77. The van der Waals surface area contributed by atoms with Gasteiger partial charge in [-0.3, -0.25) is 14.7 Å². The highest BCUT2D eigenvalue weighted by atomic mass is 32.1. The van der Waals surface area contributed by atoms with Crippen LogP contribution in [0.2, 0.25) is 0 Å². The van der Waals surface area contributed by atoms with Gasteiger partial charge in [0, 0.05) is 32.4 Å². The number of amides is 1. The molecule has 10 heteroatoms. The number of carbonyl (C=O) groups excluding carboxylic acids is 1. The lowest BCUT2D eigenvalue weighted by Gasteiger charge is -2.06. The first-order valence-electron chi connectivity index (χ1n) is 6.72. The fraction of sp³-hybridized carbons (Fsp3) is 0.231. The van der Waals surface area contributed by atoms with E-state index in [2.05, 4.69) is 25.8 Å². The molecule has 0 bridgehead atoms. The molecule has 0 spiro atoms. The summed E-state index contributed by atoms with van der Waals surface area (Å²) in [6, 6.07) is 3.48. The highest BCUT2D eigenvalue weighted by Crippen LogP contribution is 2.33. The summed E-state index contributed by atoms with van der Waals surface area (Å²) in [4.78, 5) is 16.2. The summed E-state index contributed by atoms with van der Waals surface area (Å²) in [6.45, 7) is 1.84. The molecule has 0 aliphatic rings. The number of aromatic nitrogens is 5. The molecule has 3 rings (SSSR count). The summed E-state index contributed by atoms with van der Waals surface area (Å²) in [5, 5.41) is 15.2. The van der Waals surface area contributed by atoms with E-state index >= 15 is 0 Å². The van der Waals surface area contributed by atoms with Gasteiger partial charge < -0.3 is 10.1 Å². The van der Waals surface area contributed by atoms with Gasteiger partial charge in [0.1, 0.15) is 5.82 Å². The Morgan fingerprint density at radius 1 is 1.35 bits per heavy atom. The Kier molecular flexibility index (Phi) is 3.98. The minimum atomic E-state index is -0.651. The molecule has 0 aliphatic carbocycles. The summed E-state index contributed by atoms with van der Waals surface area (Å²) >= 11 is 1.39. The van der Waals surface area contributed by atoms with Crippen LogP contribution in [-0.2, 0) is 14.1 Å².